The summed E-state index contributed by atoms with van der Waals surface area (Å²) in [6.07, 6.45) is 4.86. The van der Waals surface area contributed by atoms with E-state index in [1.54, 1.807) is 18.3 Å². The maximum absolute atomic E-state index is 11.5. The summed E-state index contributed by atoms with van der Waals surface area (Å²) in [5.41, 5.74) is 8.25. The van der Waals surface area contributed by atoms with Gasteiger partial charge in [0.15, 0.2) is 0 Å². The van der Waals surface area contributed by atoms with Crippen molar-refractivity contribution in [2.75, 3.05) is 5.32 Å². The SMILES string of the molecule is Cc1c(NC(=O)[C@H](C)N)sc2c1CCCC2.Cl. The summed E-state index contributed by atoms with van der Waals surface area (Å²) in [5, 5.41) is 3.92. The zero-order valence-electron chi connectivity index (χ0n) is 10.2. The number of halogens is 1. The molecular formula is C12H19ClN2OS. The number of fused-ring (bicyclic) bond motifs is 1. The number of hydrogen-bond donors (Lipinski definition) is 2. The van der Waals surface area contributed by atoms with Crippen molar-refractivity contribution in [3.63, 3.8) is 0 Å². The molecule has 1 aliphatic rings. The maximum Gasteiger partial charge on any atom is 0.241 e. The lowest BCUT2D eigenvalue weighted by Gasteiger charge is -2.10. The van der Waals surface area contributed by atoms with Crippen LogP contribution in [0.1, 0.15) is 35.8 Å². The summed E-state index contributed by atoms with van der Waals surface area (Å²) in [6, 6.07) is -0.446. The first-order chi connectivity index (χ1) is 7.59. The Kier molecular flexibility index (Phi) is 4.98. The summed E-state index contributed by atoms with van der Waals surface area (Å²) < 4.78 is 0. The third-order valence-electron chi connectivity index (χ3n) is 3.09. The van der Waals surface area contributed by atoms with Crippen molar-refractivity contribution in [2.45, 2.75) is 45.6 Å². The molecular weight excluding hydrogens is 256 g/mol. The molecule has 1 aliphatic carbocycles. The van der Waals surface area contributed by atoms with Crippen molar-refractivity contribution >= 4 is 34.7 Å². The van der Waals surface area contributed by atoms with E-state index in [9.17, 15) is 4.79 Å². The highest BCUT2D eigenvalue weighted by molar-refractivity contribution is 7.16. The molecule has 17 heavy (non-hydrogen) atoms. The number of amides is 1. The van der Waals surface area contributed by atoms with Crippen molar-refractivity contribution < 1.29 is 4.79 Å². The molecule has 0 fully saturated rings. The number of carbonyl (C=O) groups is 1. The number of nitrogens with two attached hydrogens (primary N) is 1. The van der Waals surface area contributed by atoms with Gasteiger partial charge in [0.1, 0.15) is 0 Å². The van der Waals surface area contributed by atoms with Crippen molar-refractivity contribution in [3.05, 3.63) is 16.0 Å². The number of aryl methyl sites for hydroxylation is 1. The van der Waals surface area contributed by atoms with Gasteiger partial charge in [0.05, 0.1) is 11.0 Å². The van der Waals surface area contributed by atoms with E-state index in [2.05, 4.69) is 12.2 Å². The molecule has 1 amide bonds. The van der Waals surface area contributed by atoms with Gasteiger partial charge in [-0.25, -0.2) is 0 Å². The van der Waals surface area contributed by atoms with E-state index in [1.165, 1.54) is 28.8 Å². The van der Waals surface area contributed by atoms with Gasteiger partial charge in [0, 0.05) is 4.88 Å². The average molecular weight is 275 g/mol. The first kappa shape index (κ1) is 14.5. The quantitative estimate of drug-likeness (QED) is 0.871. The van der Waals surface area contributed by atoms with Gasteiger partial charge in [-0.2, -0.15) is 0 Å². The Morgan fingerprint density at radius 1 is 1.41 bits per heavy atom. The molecule has 3 N–H and O–H groups in total. The molecule has 0 aromatic carbocycles. The molecule has 0 saturated heterocycles. The molecule has 2 rings (SSSR count). The Hall–Kier alpha value is -0.580. The zero-order chi connectivity index (χ0) is 11.7. The van der Waals surface area contributed by atoms with E-state index >= 15 is 0 Å². The van der Waals surface area contributed by atoms with E-state index in [0.29, 0.717) is 0 Å². The average Bonchev–Trinajstić information content (AvgIpc) is 2.56. The Bertz CT molecular complexity index is 415. The lowest BCUT2D eigenvalue weighted by atomic mass is 9.96. The lowest BCUT2D eigenvalue weighted by Crippen LogP contribution is -2.32. The molecule has 5 heteroatoms. The van der Waals surface area contributed by atoms with Crippen LogP contribution in [-0.4, -0.2) is 11.9 Å². The predicted molar refractivity (Wildman–Crippen MR) is 75.2 cm³/mol. The van der Waals surface area contributed by atoms with Gasteiger partial charge in [-0.3, -0.25) is 4.79 Å². The van der Waals surface area contributed by atoms with Crippen LogP contribution in [0.3, 0.4) is 0 Å². The van der Waals surface area contributed by atoms with E-state index in [0.717, 1.165) is 17.8 Å². The zero-order valence-corrected chi connectivity index (χ0v) is 11.8. The van der Waals surface area contributed by atoms with Gasteiger partial charge < -0.3 is 11.1 Å². The van der Waals surface area contributed by atoms with Crippen LogP contribution in [0.25, 0.3) is 0 Å². The van der Waals surface area contributed by atoms with Crippen LogP contribution in [0.4, 0.5) is 5.00 Å². The van der Waals surface area contributed by atoms with Gasteiger partial charge in [0.25, 0.3) is 0 Å². The smallest absolute Gasteiger partial charge is 0.241 e. The fraction of sp³-hybridized carbons (Fsp3) is 0.583. The van der Waals surface area contributed by atoms with Crippen molar-refractivity contribution in [3.8, 4) is 0 Å². The number of rotatable bonds is 2. The Balaban J connectivity index is 0.00000144. The van der Waals surface area contributed by atoms with Gasteiger partial charge in [-0.05, 0) is 50.7 Å². The number of nitrogens with one attached hydrogen (secondary N) is 1. The van der Waals surface area contributed by atoms with E-state index < -0.39 is 6.04 Å². The highest BCUT2D eigenvalue weighted by atomic mass is 35.5. The van der Waals surface area contributed by atoms with Gasteiger partial charge in [-0.1, -0.05) is 0 Å². The molecule has 3 nitrogen and oxygen atoms in total. The van der Waals surface area contributed by atoms with Crippen LogP contribution in [0, 0.1) is 6.92 Å². The third kappa shape index (κ3) is 3.00. The van der Waals surface area contributed by atoms with Crippen LogP contribution in [-0.2, 0) is 17.6 Å². The van der Waals surface area contributed by atoms with Crippen LogP contribution in [0.5, 0.6) is 0 Å². The van der Waals surface area contributed by atoms with Crippen LogP contribution >= 0.6 is 23.7 Å². The summed E-state index contributed by atoms with van der Waals surface area (Å²) >= 11 is 1.72. The molecule has 0 radical (unpaired) electrons. The van der Waals surface area contributed by atoms with Crippen molar-refractivity contribution in [1.29, 1.82) is 0 Å². The molecule has 1 atom stereocenters. The van der Waals surface area contributed by atoms with Gasteiger partial charge in [-0.15, -0.1) is 23.7 Å². The Morgan fingerprint density at radius 3 is 2.65 bits per heavy atom. The standard InChI is InChI=1S/C12H18N2OS.ClH/c1-7-9-5-3-4-6-10(9)16-12(7)14-11(15)8(2)13;/h8H,3-6,13H2,1-2H3,(H,14,15);1H/t8-;/m0./s1. The van der Waals surface area contributed by atoms with E-state index in [4.69, 9.17) is 5.73 Å². The first-order valence-electron chi connectivity index (χ1n) is 5.77. The summed E-state index contributed by atoms with van der Waals surface area (Å²) in [6.45, 7) is 3.80. The molecule has 1 aromatic heterocycles. The minimum atomic E-state index is -0.446. The van der Waals surface area contributed by atoms with Crippen molar-refractivity contribution in [1.82, 2.24) is 0 Å². The highest BCUT2D eigenvalue weighted by Crippen LogP contribution is 2.37. The molecule has 0 unspecified atom stereocenters. The summed E-state index contributed by atoms with van der Waals surface area (Å²) in [4.78, 5) is 13.0. The summed E-state index contributed by atoms with van der Waals surface area (Å²) in [5.74, 6) is -0.0957. The fourth-order valence-electron chi connectivity index (χ4n) is 2.07. The largest absolute Gasteiger partial charge is 0.320 e. The molecule has 1 aromatic rings. The monoisotopic (exact) mass is 274 g/mol. The van der Waals surface area contributed by atoms with E-state index in [1.807, 2.05) is 0 Å². The fourth-order valence-corrected chi connectivity index (χ4v) is 3.37. The molecule has 0 bridgehead atoms. The summed E-state index contributed by atoms with van der Waals surface area (Å²) in [7, 11) is 0. The highest BCUT2D eigenvalue weighted by Gasteiger charge is 2.19. The topological polar surface area (TPSA) is 55.1 Å². The number of hydrogen-bond acceptors (Lipinski definition) is 3. The Labute approximate surface area is 112 Å². The van der Waals surface area contributed by atoms with Crippen molar-refractivity contribution in [2.24, 2.45) is 5.73 Å². The second kappa shape index (κ2) is 5.85. The second-order valence-corrected chi connectivity index (χ2v) is 5.55. The first-order valence-corrected chi connectivity index (χ1v) is 6.59. The third-order valence-corrected chi connectivity index (χ3v) is 4.40. The molecule has 1 heterocycles. The predicted octanol–water partition coefficient (Wildman–Crippen LogP) is 2.64. The minimum absolute atomic E-state index is 0. The normalized spacial score (nSPS) is 15.7. The molecule has 96 valence electrons. The van der Waals surface area contributed by atoms with Crippen LogP contribution in [0.2, 0.25) is 0 Å². The molecule has 0 aliphatic heterocycles. The number of carbonyl (C=O) groups excluding carboxylic acids is 1. The lowest BCUT2D eigenvalue weighted by molar-refractivity contribution is -0.117. The number of thiophene rings is 1. The van der Waals surface area contributed by atoms with Crippen LogP contribution in [0.15, 0.2) is 0 Å². The molecule has 0 spiro atoms. The number of anilines is 1. The van der Waals surface area contributed by atoms with Crippen LogP contribution < -0.4 is 11.1 Å². The maximum atomic E-state index is 11.5. The van der Waals surface area contributed by atoms with Gasteiger partial charge in [0.2, 0.25) is 5.91 Å². The molecule has 0 saturated carbocycles. The second-order valence-electron chi connectivity index (χ2n) is 4.44. The Morgan fingerprint density at radius 2 is 2.06 bits per heavy atom. The minimum Gasteiger partial charge on any atom is -0.320 e. The van der Waals surface area contributed by atoms with E-state index in [-0.39, 0.29) is 18.3 Å². The van der Waals surface area contributed by atoms with Gasteiger partial charge >= 0.3 is 0 Å².